The van der Waals surface area contributed by atoms with Crippen LogP contribution in [0.1, 0.15) is 6.92 Å². The van der Waals surface area contributed by atoms with Crippen molar-refractivity contribution >= 4 is 7.82 Å². The van der Waals surface area contributed by atoms with Gasteiger partial charge in [-0.2, -0.15) is 5.26 Å². The molecule has 0 rings (SSSR count). The summed E-state index contributed by atoms with van der Waals surface area (Å²) in [7, 11) is -4.89. The van der Waals surface area contributed by atoms with Gasteiger partial charge in [-0.25, -0.2) is 0 Å². The van der Waals surface area contributed by atoms with Gasteiger partial charge >= 0.3 is 29.6 Å². The fourth-order valence-electron chi connectivity index (χ4n) is 0. The molecule has 7 heteroatoms. The van der Waals surface area contributed by atoms with Crippen LogP contribution in [0, 0.1) is 11.3 Å². The van der Waals surface area contributed by atoms with E-state index in [0.29, 0.717) is 0 Å². The van der Waals surface area contributed by atoms with Crippen LogP contribution in [0.4, 0.5) is 0 Å². The van der Waals surface area contributed by atoms with Gasteiger partial charge in [0.25, 0.3) is 7.82 Å². The van der Waals surface area contributed by atoms with Crippen molar-refractivity contribution in [2.24, 2.45) is 0 Å². The predicted octanol–water partition coefficient (Wildman–Crippen LogP) is -4.03. The van der Waals surface area contributed by atoms with Crippen molar-refractivity contribution in [2.75, 3.05) is 0 Å². The predicted molar refractivity (Wildman–Crippen MR) is 23.3 cm³/mol. The fraction of sp³-hybridized carbons (Fsp3) is 0.500. The average Bonchev–Trinajstić information content (AvgIpc) is 1.27. The topological polar surface area (TPSA) is 104 Å². The van der Waals surface area contributed by atoms with Crippen LogP contribution in [0.3, 0.4) is 0 Å². The molecule has 0 saturated carbocycles. The Hall–Kier alpha value is 0.600. The molecule has 0 atom stereocenters. The van der Waals surface area contributed by atoms with Gasteiger partial charge in [-0.3, -0.25) is 4.57 Å². The molecule has 0 spiro atoms. The van der Waals surface area contributed by atoms with Gasteiger partial charge < -0.3 is 14.7 Å². The number of rotatable bonds is 0. The van der Waals surface area contributed by atoms with E-state index in [-0.39, 0.29) is 29.6 Å². The van der Waals surface area contributed by atoms with E-state index in [1.807, 2.05) is 0 Å². The standard InChI is InChI=1S/C2H3N.Na.H3O4P/c1-2-3;;1-5(2,3)4/h1H3;;(H3,1,2,3,4)/q;+1;/p-1. The number of hydrogen-bond donors (Lipinski definition) is 2. The Kier molecular flexibility index (Phi) is 15.6. The molecule has 0 unspecified atom stereocenters. The fourth-order valence-corrected chi connectivity index (χ4v) is 0. The smallest absolute Gasteiger partial charge is 0.756 e. The Bertz CT molecular complexity index is 117. The molecule has 0 fully saturated rings. The largest absolute Gasteiger partial charge is 1.00 e. The van der Waals surface area contributed by atoms with Crippen LogP contribution >= 0.6 is 7.82 Å². The first-order valence-electron chi connectivity index (χ1n) is 1.49. The van der Waals surface area contributed by atoms with E-state index >= 15 is 0 Å². The number of nitriles is 1. The number of hydrogen-bond acceptors (Lipinski definition) is 3. The molecule has 0 amide bonds. The Morgan fingerprint density at radius 2 is 1.67 bits per heavy atom. The minimum atomic E-state index is -4.89. The summed E-state index contributed by atoms with van der Waals surface area (Å²) in [5, 5.41) is 7.32. The second-order valence-electron chi connectivity index (χ2n) is 0.714. The zero-order valence-corrected chi connectivity index (χ0v) is 8.00. The monoisotopic (exact) mass is 161 g/mol. The molecule has 0 aromatic heterocycles. The summed E-state index contributed by atoms with van der Waals surface area (Å²) in [6.07, 6.45) is 0. The van der Waals surface area contributed by atoms with E-state index in [9.17, 15) is 0 Å². The summed E-state index contributed by atoms with van der Waals surface area (Å²) in [4.78, 5) is 22.9. The van der Waals surface area contributed by atoms with Gasteiger partial charge in [0.15, 0.2) is 0 Å². The van der Waals surface area contributed by atoms with Crippen molar-refractivity contribution in [1.82, 2.24) is 0 Å². The molecule has 9 heavy (non-hydrogen) atoms. The van der Waals surface area contributed by atoms with Gasteiger partial charge in [-0.15, -0.1) is 0 Å². The van der Waals surface area contributed by atoms with Crippen LogP contribution in [-0.2, 0) is 4.57 Å². The van der Waals surface area contributed by atoms with Gasteiger partial charge in [0.05, 0.1) is 6.07 Å². The molecule has 0 aliphatic carbocycles. The van der Waals surface area contributed by atoms with E-state index in [0.717, 1.165) is 0 Å². The maximum atomic E-state index is 8.77. The minimum absolute atomic E-state index is 0. The third kappa shape index (κ3) is 1040. The molecule has 0 aliphatic rings. The Morgan fingerprint density at radius 3 is 1.67 bits per heavy atom. The molecule has 0 aromatic rings. The Morgan fingerprint density at radius 1 is 1.67 bits per heavy atom. The molecule has 0 aliphatic heterocycles. The zero-order valence-electron chi connectivity index (χ0n) is 5.11. The van der Waals surface area contributed by atoms with Crippen molar-refractivity contribution in [1.29, 1.82) is 5.26 Å². The first-order valence-corrected chi connectivity index (χ1v) is 3.02. The third-order valence-corrected chi connectivity index (χ3v) is 0. The van der Waals surface area contributed by atoms with Gasteiger partial charge in [0.1, 0.15) is 0 Å². The SMILES string of the molecule is CC#N.O=P([O-])(O)O.[Na+]. The van der Waals surface area contributed by atoms with E-state index in [1.54, 1.807) is 6.07 Å². The van der Waals surface area contributed by atoms with E-state index < -0.39 is 7.82 Å². The van der Waals surface area contributed by atoms with E-state index in [1.165, 1.54) is 6.92 Å². The molecule has 0 bridgehead atoms. The van der Waals surface area contributed by atoms with Gasteiger partial charge in [0.2, 0.25) is 0 Å². The summed E-state index contributed by atoms with van der Waals surface area (Å²) in [5.41, 5.74) is 0. The van der Waals surface area contributed by atoms with Crippen LogP contribution in [0.25, 0.3) is 0 Å². The second kappa shape index (κ2) is 8.60. The normalized spacial score (nSPS) is 7.44. The van der Waals surface area contributed by atoms with E-state index in [4.69, 9.17) is 24.5 Å². The first-order chi connectivity index (χ1) is 3.41. The Balaban J connectivity index is -0.0000000800. The molecule has 2 N–H and O–H groups in total. The molecule has 5 nitrogen and oxygen atoms in total. The maximum Gasteiger partial charge on any atom is 1.00 e. The molecular formula is C2H5NNaO4P. The van der Waals surface area contributed by atoms with Crippen molar-refractivity contribution in [3.63, 3.8) is 0 Å². The third-order valence-electron chi connectivity index (χ3n) is 0. The van der Waals surface area contributed by atoms with Crippen LogP contribution in [-0.4, -0.2) is 9.79 Å². The van der Waals surface area contributed by atoms with Crippen LogP contribution in [0.2, 0.25) is 0 Å². The summed E-state index contributed by atoms with van der Waals surface area (Å²) in [6.45, 7) is 1.43. The summed E-state index contributed by atoms with van der Waals surface area (Å²) in [6, 6.07) is 1.75. The van der Waals surface area contributed by atoms with Crippen LogP contribution in [0.15, 0.2) is 0 Å². The first kappa shape index (κ1) is 16.3. The summed E-state index contributed by atoms with van der Waals surface area (Å²) in [5.74, 6) is 0. The second-order valence-corrected chi connectivity index (χ2v) is 1.70. The summed E-state index contributed by atoms with van der Waals surface area (Å²) < 4.78 is 8.77. The molecule has 0 aromatic carbocycles. The number of nitrogens with zero attached hydrogens (tertiary/aromatic N) is 1. The Labute approximate surface area is 74.8 Å². The summed E-state index contributed by atoms with van der Waals surface area (Å²) >= 11 is 0. The number of phosphoric acid groups is 1. The van der Waals surface area contributed by atoms with Crippen LogP contribution in [0.5, 0.6) is 0 Å². The van der Waals surface area contributed by atoms with Crippen molar-refractivity contribution in [2.45, 2.75) is 6.92 Å². The van der Waals surface area contributed by atoms with Crippen LogP contribution < -0.4 is 34.5 Å². The van der Waals surface area contributed by atoms with Gasteiger partial charge in [-0.05, 0) is 0 Å². The van der Waals surface area contributed by atoms with Crippen molar-refractivity contribution in [3.8, 4) is 6.07 Å². The molecule has 0 radical (unpaired) electrons. The molecule has 48 valence electrons. The van der Waals surface area contributed by atoms with Gasteiger partial charge in [-0.1, -0.05) is 0 Å². The van der Waals surface area contributed by atoms with Crippen molar-refractivity contribution < 1.29 is 48.8 Å². The zero-order chi connectivity index (χ0) is 7.21. The minimum Gasteiger partial charge on any atom is -0.756 e. The molecule has 0 heterocycles. The molecule has 0 saturated heterocycles. The van der Waals surface area contributed by atoms with Gasteiger partial charge in [0, 0.05) is 6.92 Å². The maximum absolute atomic E-state index is 8.77. The molecular weight excluding hydrogens is 156 g/mol. The van der Waals surface area contributed by atoms with E-state index in [2.05, 4.69) is 0 Å². The average molecular weight is 161 g/mol. The quantitative estimate of drug-likeness (QED) is 0.278. The van der Waals surface area contributed by atoms with Crippen molar-refractivity contribution in [3.05, 3.63) is 0 Å².